The van der Waals surface area contributed by atoms with Crippen LogP contribution in [0.25, 0.3) is 0 Å². The van der Waals surface area contributed by atoms with Gasteiger partial charge in [-0.25, -0.2) is 12.8 Å². The number of nitrogens with one attached hydrogen (secondary N) is 1. The second-order valence-electron chi connectivity index (χ2n) is 6.68. The molecule has 3 rings (SSSR count). The van der Waals surface area contributed by atoms with Crippen molar-refractivity contribution in [3.05, 3.63) is 59.9 Å². The minimum absolute atomic E-state index is 0.0167. The number of carbonyl (C=O) groups excluding carboxylic acids is 1. The molecule has 0 radical (unpaired) electrons. The Kier molecular flexibility index (Phi) is 6.07. The number of rotatable bonds is 5. The van der Waals surface area contributed by atoms with Crippen LogP contribution < -0.4 is 5.32 Å². The number of hydrogen-bond donors (Lipinski definition) is 1. The van der Waals surface area contributed by atoms with E-state index in [2.05, 4.69) is 11.4 Å². The van der Waals surface area contributed by atoms with Gasteiger partial charge >= 0.3 is 0 Å². The highest BCUT2D eigenvalue weighted by Gasteiger charge is 2.33. The minimum atomic E-state index is -3.77. The Bertz CT molecular complexity index is 983. The molecule has 1 saturated heterocycles. The van der Waals surface area contributed by atoms with Crippen molar-refractivity contribution in [1.82, 2.24) is 4.31 Å². The van der Waals surface area contributed by atoms with Gasteiger partial charge in [-0.3, -0.25) is 4.79 Å². The van der Waals surface area contributed by atoms with Crippen molar-refractivity contribution >= 4 is 21.6 Å². The maximum absolute atomic E-state index is 13.1. The summed E-state index contributed by atoms with van der Waals surface area (Å²) in [6.45, 7) is 0.407. The van der Waals surface area contributed by atoms with Gasteiger partial charge in [0.15, 0.2) is 0 Å². The molecule has 2 aromatic rings. The fourth-order valence-corrected chi connectivity index (χ4v) is 4.70. The van der Waals surface area contributed by atoms with E-state index in [9.17, 15) is 17.6 Å². The van der Waals surface area contributed by atoms with E-state index in [1.165, 1.54) is 16.4 Å². The summed E-state index contributed by atoms with van der Waals surface area (Å²) in [6, 6.07) is 13.7. The zero-order chi connectivity index (χ0) is 20.1. The van der Waals surface area contributed by atoms with E-state index in [0.717, 1.165) is 17.7 Å². The van der Waals surface area contributed by atoms with Crippen LogP contribution in [-0.2, 0) is 21.2 Å². The smallest absolute Gasteiger partial charge is 0.243 e. The summed E-state index contributed by atoms with van der Waals surface area (Å²) < 4.78 is 39.9. The van der Waals surface area contributed by atoms with Gasteiger partial charge in [-0.05, 0) is 54.8 Å². The highest BCUT2D eigenvalue weighted by atomic mass is 32.2. The predicted octanol–water partition coefficient (Wildman–Crippen LogP) is 2.93. The first-order chi connectivity index (χ1) is 13.4. The van der Waals surface area contributed by atoms with Crippen molar-refractivity contribution in [1.29, 1.82) is 5.26 Å². The summed E-state index contributed by atoms with van der Waals surface area (Å²) in [5.41, 5.74) is 1.46. The molecule has 0 bridgehead atoms. The van der Waals surface area contributed by atoms with E-state index in [0.29, 0.717) is 31.5 Å². The third-order valence-corrected chi connectivity index (χ3v) is 6.59. The van der Waals surface area contributed by atoms with Gasteiger partial charge in [0.2, 0.25) is 15.9 Å². The molecule has 1 N–H and O–H groups in total. The van der Waals surface area contributed by atoms with E-state index in [1.807, 2.05) is 0 Å². The lowest BCUT2D eigenvalue weighted by Gasteiger charge is -2.31. The van der Waals surface area contributed by atoms with E-state index in [1.54, 1.807) is 24.3 Å². The van der Waals surface area contributed by atoms with Crippen molar-refractivity contribution < 1.29 is 17.6 Å². The first-order valence-corrected chi connectivity index (χ1v) is 10.4. The van der Waals surface area contributed by atoms with Crippen LogP contribution in [-0.4, -0.2) is 31.7 Å². The molecule has 146 valence electrons. The molecule has 2 aromatic carbocycles. The lowest BCUT2D eigenvalue weighted by Crippen LogP contribution is -2.43. The second kappa shape index (κ2) is 8.50. The number of carbonyl (C=O) groups is 1. The number of anilines is 1. The number of halogens is 1. The predicted molar refractivity (Wildman–Crippen MR) is 102 cm³/mol. The van der Waals surface area contributed by atoms with Gasteiger partial charge in [-0.15, -0.1) is 0 Å². The molecule has 1 unspecified atom stereocenters. The topological polar surface area (TPSA) is 90.3 Å². The normalized spacial score (nSPS) is 17.6. The van der Waals surface area contributed by atoms with Gasteiger partial charge in [-0.2, -0.15) is 9.57 Å². The van der Waals surface area contributed by atoms with E-state index in [-0.39, 0.29) is 17.3 Å². The standard InChI is InChI=1S/C20H20FN3O3S/c21-17-5-9-19(10-6-17)28(26,27)24-13-1-2-16(14-24)20(25)23-18-7-3-15(4-8-18)11-12-22/h3-10,16H,1-2,11,13-14H2,(H,23,25). The summed E-state index contributed by atoms with van der Waals surface area (Å²) in [4.78, 5) is 12.6. The first kappa shape index (κ1) is 20.0. The summed E-state index contributed by atoms with van der Waals surface area (Å²) in [6.07, 6.45) is 1.46. The number of hydrogen-bond acceptors (Lipinski definition) is 4. The Balaban J connectivity index is 1.67. The van der Waals surface area contributed by atoms with Gasteiger partial charge < -0.3 is 5.32 Å². The SMILES string of the molecule is N#CCc1ccc(NC(=O)C2CCCN(S(=O)(=O)c3ccc(F)cc3)C2)cc1. The summed E-state index contributed by atoms with van der Waals surface area (Å²) in [5, 5.41) is 11.5. The Hall–Kier alpha value is -2.76. The van der Waals surface area contributed by atoms with Crippen LogP contribution in [0.15, 0.2) is 53.4 Å². The number of piperidine rings is 1. The van der Waals surface area contributed by atoms with E-state index >= 15 is 0 Å². The molecule has 0 saturated carbocycles. The second-order valence-corrected chi connectivity index (χ2v) is 8.62. The van der Waals surface area contributed by atoms with Crippen molar-refractivity contribution in [2.24, 2.45) is 5.92 Å². The van der Waals surface area contributed by atoms with Gasteiger partial charge in [-0.1, -0.05) is 12.1 Å². The van der Waals surface area contributed by atoms with Crippen molar-refractivity contribution in [2.75, 3.05) is 18.4 Å². The maximum Gasteiger partial charge on any atom is 0.243 e. The Morgan fingerprint density at radius 2 is 1.86 bits per heavy atom. The van der Waals surface area contributed by atoms with Gasteiger partial charge in [0, 0.05) is 18.8 Å². The van der Waals surface area contributed by atoms with Gasteiger partial charge in [0.05, 0.1) is 23.3 Å². The number of amides is 1. The number of nitriles is 1. The molecule has 1 aliphatic rings. The molecule has 6 nitrogen and oxygen atoms in total. The molecule has 0 spiro atoms. The van der Waals surface area contributed by atoms with E-state index in [4.69, 9.17) is 5.26 Å². The number of nitrogens with zero attached hydrogens (tertiary/aromatic N) is 2. The van der Waals surface area contributed by atoms with Gasteiger partial charge in [0.1, 0.15) is 5.82 Å². The average Bonchev–Trinajstić information content (AvgIpc) is 2.70. The van der Waals surface area contributed by atoms with Crippen molar-refractivity contribution in [2.45, 2.75) is 24.2 Å². The Morgan fingerprint density at radius 1 is 1.18 bits per heavy atom. The largest absolute Gasteiger partial charge is 0.326 e. The third kappa shape index (κ3) is 4.55. The fraction of sp³-hybridized carbons (Fsp3) is 0.300. The summed E-state index contributed by atoms with van der Waals surface area (Å²) in [5.74, 6) is -1.22. The highest BCUT2D eigenvalue weighted by molar-refractivity contribution is 7.89. The number of benzene rings is 2. The zero-order valence-electron chi connectivity index (χ0n) is 15.1. The molecule has 1 fully saturated rings. The molecular formula is C20H20FN3O3S. The van der Waals surface area contributed by atoms with Crippen molar-refractivity contribution in [3.63, 3.8) is 0 Å². The molecule has 0 aromatic heterocycles. The molecular weight excluding hydrogens is 381 g/mol. The molecule has 1 heterocycles. The molecule has 1 amide bonds. The Labute approximate surface area is 163 Å². The van der Waals surface area contributed by atoms with Crippen LogP contribution in [0.5, 0.6) is 0 Å². The molecule has 1 atom stereocenters. The van der Waals surface area contributed by atoms with Gasteiger partial charge in [0.25, 0.3) is 0 Å². The summed E-state index contributed by atoms with van der Waals surface area (Å²) >= 11 is 0. The fourth-order valence-electron chi connectivity index (χ4n) is 3.17. The van der Waals surface area contributed by atoms with Crippen LogP contribution in [0.2, 0.25) is 0 Å². The van der Waals surface area contributed by atoms with E-state index < -0.39 is 21.8 Å². The van der Waals surface area contributed by atoms with Crippen LogP contribution in [0, 0.1) is 23.1 Å². The number of sulfonamides is 1. The molecule has 8 heteroatoms. The van der Waals surface area contributed by atoms with Crippen molar-refractivity contribution in [3.8, 4) is 6.07 Å². The molecule has 1 aliphatic heterocycles. The third-order valence-electron chi connectivity index (χ3n) is 4.71. The lowest BCUT2D eigenvalue weighted by atomic mass is 9.98. The Morgan fingerprint density at radius 3 is 2.50 bits per heavy atom. The zero-order valence-corrected chi connectivity index (χ0v) is 16.0. The molecule has 0 aliphatic carbocycles. The monoisotopic (exact) mass is 401 g/mol. The highest BCUT2D eigenvalue weighted by Crippen LogP contribution is 2.25. The van der Waals surface area contributed by atoms with Crippen LogP contribution in [0.3, 0.4) is 0 Å². The quantitative estimate of drug-likeness (QED) is 0.834. The van der Waals surface area contributed by atoms with Crippen LogP contribution in [0.4, 0.5) is 10.1 Å². The molecule has 28 heavy (non-hydrogen) atoms. The maximum atomic E-state index is 13.1. The first-order valence-electron chi connectivity index (χ1n) is 8.92. The minimum Gasteiger partial charge on any atom is -0.326 e. The summed E-state index contributed by atoms with van der Waals surface area (Å²) in [7, 11) is -3.77. The van der Waals surface area contributed by atoms with Crippen LogP contribution in [0.1, 0.15) is 18.4 Å². The van der Waals surface area contributed by atoms with Crippen LogP contribution >= 0.6 is 0 Å². The average molecular weight is 401 g/mol. The lowest BCUT2D eigenvalue weighted by molar-refractivity contribution is -0.120.